The molecule has 3 fully saturated rings. The molecule has 1 aliphatic carbocycles. The maximum atomic E-state index is 5.60. The van der Waals surface area contributed by atoms with E-state index in [0.717, 1.165) is 25.2 Å². The van der Waals surface area contributed by atoms with Crippen LogP contribution in [-0.4, -0.2) is 25.8 Å². The molecule has 3 rings (SSSR count). The van der Waals surface area contributed by atoms with Crippen LogP contribution >= 0.6 is 0 Å². The van der Waals surface area contributed by atoms with Crippen LogP contribution in [0.2, 0.25) is 0 Å². The van der Waals surface area contributed by atoms with E-state index >= 15 is 0 Å². The predicted molar refractivity (Wildman–Crippen MR) is 65.5 cm³/mol. The number of ether oxygens (including phenoxy) is 1. The van der Waals surface area contributed by atoms with Crippen LogP contribution in [0, 0.1) is 11.3 Å². The summed E-state index contributed by atoms with van der Waals surface area (Å²) >= 11 is 0. The lowest BCUT2D eigenvalue weighted by molar-refractivity contribution is -0.174. The largest absolute Gasteiger partial charge is 0.380 e. The lowest BCUT2D eigenvalue weighted by atomic mass is 9.62. The summed E-state index contributed by atoms with van der Waals surface area (Å²) in [5.41, 5.74) is 0.529. The van der Waals surface area contributed by atoms with E-state index in [1.165, 1.54) is 57.9 Å². The Morgan fingerprint density at radius 3 is 2.19 bits per heavy atom. The Bertz CT molecular complexity index is 205. The molecule has 2 aliphatic heterocycles. The van der Waals surface area contributed by atoms with Gasteiger partial charge < -0.3 is 10.1 Å². The fourth-order valence-electron chi connectivity index (χ4n) is 4.08. The first-order chi connectivity index (χ1) is 7.92. The van der Waals surface area contributed by atoms with Gasteiger partial charge in [-0.3, -0.25) is 0 Å². The molecule has 0 aromatic carbocycles. The van der Waals surface area contributed by atoms with E-state index in [9.17, 15) is 0 Å². The Labute approximate surface area is 99.1 Å². The first kappa shape index (κ1) is 11.0. The zero-order chi connectivity index (χ0) is 10.8. The van der Waals surface area contributed by atoms with Gasteiger partial charge in [0, 0.05) is 11.5 Å². The maximum Gasteiger partial charge on any atom is 0.0562 e. The fourth-order valence-corrected chi connectivity index (χ4v) is 4.08. The first-order valence-electron chi connectivity index (χ1n) is 7.23. The third-order valence-corrected chi connectivity index (χ3v) is 5.16. The number of rotatable bonds is 2. The highest BCUT2D eigenvalue weighted by Crippen LogP contribution is 2.47. The van der Waals surface area contributed by atoms with E-state index in [4.69, 9.17) is 4.74 Å². The topological polar surface area (TPSA) is 21.3 Å². The highest BCUT2D eigenvalue weighted by molar-refractivity contribution is 5.02. The summed E-state index contributed by atoms with van der Waals surface area (Å²) in [6.07, 6.45) is 11.5. The van der Waals surface area contributed by atoms with Crippen LogP contribution in [0.5, 0.6) is 0 Å². The number of hydrogen-bond acceptors (Lipinski definition) is 2. The van der Waals surface area contributed by atoms with Crippen LogP contribution in [0.15, 0.2) is 0 Å². The second-order valence-corrected chi connectivity index (χ2v) is 6.06. The molecule has 92 valence electrons. The van der Waals surface area contributed by atoms with Crippen LogP contribution in [0.3, 0.4) is 0 Å². The standard InChI is InChI=1S/C14H25NO/c1-2-6-12(7-3-1)14(10-16-11-14)13-8-4-5-9-15-13/h12-13,15H,1-11H2. The van der Waals surface area contributed by atoms with Crippen molar-refractivity contribution in [3.8, 4) is 0 Å². The molecule has 1 atom stereocenters. The smallest absolute Gasteiger partial charge is 0.0562 e. The van der Waals surface area contributed by atoms with Gasteiger partial charge in [0.2, 0.25) is 0 Å². The van der Waals surface area contributed by atoms with Crippen LogP contribution < -0.4 is 5.32 Å². The van der Waals surface area contributed by atoms with Gasteiger partial charge in [0.1, 0.15) is 0 Å². The lowest BCUT2D eigenvalue weighted by Crippen LogP contribution is -2.62. The van der Waals surface area contributed by atoms with Gasteiger partial charge in [-0.15, -0.1) is 0 Å². The van der Waals surface area contributed by atoms with Gasteiger partial charge in [-0.1, -0.05) is 25.7 Å². The normalized spacial score (nSPS) is 35.6. The van der Waals surface area contributed by atoms with Crippen molar-refractivity contribution in [1.29, 1.82) is 0 Å². The average Bonchev–Trinajstić information content (AvgIpc) is 2.31. The molecule has 2 heterocycles. The molecule has 2 saturated heterocycles. The molecule has 2 nitrogen and oxygen atoms in total. The van der Waals surface area contributed by atoms with Crippen molar-refractivity contribution in [1.82, 2.24) is 5.32 Å². The van der Waals surface area contributed by atoms with Gasteiger partial charge in [0.15, 0.2) is 0 Å². The van der Waals surface area contributed by atoms with Gasteiger partial charge in [-0.05, 0) is 38.1 Å². The van der Waals surface area contributed by atoms with E-state index in [-0.39, 0.29) is 0 Å². The Morgan fingerprint density at radius 1 is 0.875 bits per heavy atom. The molecule has 0 aromatic rings. The molecular formula is C14H25NO. The molecule has 1 unspecified atom stereocenters. The van der Waals surface area contributed by atoms with Crippen LogP contribution in [0.25, 0.3) is 0 Å². The molecule has 16 heavy (non-hydrogen) atoms. The highest BCUT2D eigenvalue weighted by atomic mass is 16.5. The van der Waals surface area contributed by atoms with E-state index in [0.29, 0.717) is 5.41 Å². The summed E-state index contributed by atoms with van der Waals surface area (Å²) in [6, 6.07) is 0.762. The minimum atomic E-state index is 0.529. The van der Waals surface area contributed by atoms with Crippen LogP contribution in [0.1, 0.15) is 51.4 Å². The molecule has 2 heteroatoms. The molecule has 1 N–H and O–H groups in total. The summed E-state index contributed by atoms with van der Waals surface area (Å²) in [6.45, 7) is 3.31. The van der Waals surface area contributed by atoms with E-state index in [1.807, 2.05) is 0 Å². The summed E-state index contributed by atoms with van der Waals surface area (Å²) in [7, 11) is 0. The summed E-state index contributed by atoms with van der Waals surface area (Å²) in [5, 5.41) is 3.78. The zero-order valence-corrected chi connectivity index (χ0v) is 10.3. The van der Waals surface area contributed by atoms with Gasteiger partial charge in [0.05, 0.1) is 13.2 Å². The van der Waals surface area contributed by atoms with E-state index < -0.39 is 0 Å². The van der Waals surface area contributed by atoms with Crippen molar-refractivity contribution in [2.45, 2.75) is 57.4 Å². The molecular weight excluding hydrogens is 198 g/mol. The molecule has 1 saturated carbocycles. The molecule has 0 radical (unpaired) electrons. The summed E-state index contributed by atoms with van der Waals surface area (Å²) in [5.74, 6) is 0.950. The molecule has 0 aromatic heterocycles. The average molecular weight is 223 g/mol. The summed E-state index contributed by atoms with van der Waals surface area (Å²) in [4.78, 5) is 0. The van der Waals surface area contributed by atoms with Crippen LogP contribution in [-0.2, 0) is 4.74 Å². The predicted octanol–water partition coefficient (Wildman–Crippen LogP) is 2.73. The molecule has 0 bridgehead atoms. The third kappa shape index (κ3) is 1.80. The third-order valence-electron chi connectivity index (χ3n) is 5.16. The maximum absolute atomic E-state index is 5.60. The Hall–Kier alpha value is -0.0800. The van der Waals surface area contributed by atoms with Crippen molar-refractivity contribution in [3.63, 3.8) is 0 Å². The van der Waals surface area contributed by atoms with Crippen molar-refractivity contribution >= 4 is 0 Å². The Kier molecular flexibility index (Phi) is 3.21. The zero-order valence-electron chi connectivity index (χ0n) is 10.3. The first-order valence-corrected chi connectivity index (χ1v) is 7.23. The second-order valence-electron chi connectivity index (χ2n) is 6.06. The number of hydrogen-bond donors (Lipinski definition) is 1. The molecule has 0 spiro atoms. The van der Waals surface area contributed by atoms with Crippen molar-refractivity contribution < 1.29 is 4.74 Å². The van der Waals surface area contributed by atoms with Gasteiger partial charge >= 0.3 is 0 Å². The number of nitrogens with one attached hydrogen (secondary N) is 1. The lowest BCUT2D eigenvalue weighted by Gasteiger charge is -2.54. The minimum Gasteiger partial charge on any atom is -0.380 e. The van der Waals surface area contributed by atoms with Crippen LogP contribution in [0.4, 0.5) is 0 Å². The fraction of sp³-hybridized carbons (Fsp3) is 1.00. The SMILES string of the molecule is C1CCC(C2(C3CCCCN3)COC2)CC1. The summed E-state index contributed by atoms with van der Waals surface area (Å²) < 4.78 is 5.60. The quantitative estimate of drug-likeness (QED) is 0.777. The second kappa shape index (κ2) is 4.66. The Morgan fingerprint density at radius 2 is 1.62 bits per heavy atom. The highest BCUT2D eigenvalue weighted by Gasteiger charge is 2.51. The molecule has 0 amide bonds. The van der Waals surface area contributed by atoms with Gasteiger partial charge in [-0.2, -0.15) is 0 Å². The van der Waals surface area contributed by atoms with Crippen molar-refractivity contribution in [2.24, 2.45) is 11.3 Å². The Balaban J connectivity index is 1.70. The van der Waals surface area contributed by atoms with Crippen molar-refractivity contribution in [3.05, 3.63) is 0 Å². The molecule has 3 aliphatic rings. The number of piperidine rings is 1. The van der Waals surface area contributed by atoms with Gasteiger partial charge in [-0.25, -0.2) is 0 Å². The minimum absolute atomic E-state index is 0.529. The van der Waals surface area contributed by atoms with Crippen molar-refractivity contribution in [2.75, 3.05) is 19.8 Å². The van der Waals surface area contributed by atoms with E-state index in [2.05, 4.69) is 5.32 Å². The monoisotopic (exact) mass is 223 g/mol. The van der Waals surface area contributed by atoms with Gasteiger partial charge in [0.25, 0.3) is 0 Å². The van der Waals surface area contributed by atoms with E-state index in [1.54, 1.807) is 0 Å².